The van der Waals surface area contributed by atoms with Crippen LogP contribution in [-0.2, 0) is 16.0 Å². The summed E-state index contributed by atoms with van der Waals surface area (Å²) in [5.74, 6) is 0.344. The lowest BCUT2D eigenvalue weighted by Gasteiger charge is -2.06. The molecular weight excluding hydrogens is 448 g/mol. The molecule has 1 heterocycles. The monoisotopic (exact) mass is 470 g/mol. The number of anilines is 1. The summed E-state index contributed by atoms with van der Waals surface area (Å²) in [6, 6.07) is 13.5. The zero-order valence-corrected chi connectivity index (χ0v) is 19.3. The van der Waals surface area contributed by atoms with Gasteiger partial charge in [-0.3, -0.25) is 9.59 Å². The quantitative estimate of drug-likeness (QED) is 0.265. The number of thioether (sulfide) groups is 1. The Morgan fingerprint density at radius 2 is 1.72 bits per heavy atom. The molecule has 0 bridgehead atoms. The summed E-state index contributed by atoms with van der Waals surface area (Å²) in [7, 11) is 1.58. The number of carbonyl (C=O) groups is 3. The van der Waals surface area contributed by atoms with E-state index < -0.39 is 5.97 Å². The van der Waals surface area contributed by atoms with Crippen molar-refractivity contribution in [2.75, 3.05) is 24.8 Å². The van der Waals surface area contributed by atoms with E-state index in [1.54, 1.807) is 62.6 Å². The molecule has 0 fully saturated rings. The minimum atomic E-state index is -0.400. The van der Waals surface area contributed by atoms with Gasteiger partial charge in [0.15, 0.2) is 10.1 Å². The van der Waals surface area contributed by atoms with Crippen molar-refractivity contribution < 1.29 is 23.9 Å². The number of aromatic nitrogens is 1. The number of thiazole rings is 1. The molecule has 0 aliphatic rings. The van der Waals surface area contributed by atoms with E-state index in [9.17, 15) is 14.4 Å². The van der Waals surface area contributed by atoms with Crippen LogP contribution in [0, 0.1) is 0 Å². The highest BCUT2D eigenvalue weighted by Gasteiger charge is 2.12. The Morgan fingerprint density at radius 1 is 1.03 bits per heavy atom. The van der Waals surface area contributed by atoms with Gasteiger partial charge in [-0.05, 0) is 55.5 Å². The fraction of sp³-hybridized carbons (Fsp3) is 0.217. The number of benzene rings is 2. The number of ketones is 1. The normalized spacial score (nSPS) is 10.4. The molecular formula is C23H22N2O5S2. The molecule has 0 unspecified atom stereocenters. The molecule has 0 aliphatic carbocycles. The van der Waals surface area contributed by atoms with E-state index in [1.807, 2.05) is 5.38 Å². The summed E-state index contributed by atoms with van der Waals surface area (Å²) in [5, 5.41) is 4.59. The van der Waals surface area contributed by atoms with E-state index >= 15 is 0 Å². The minimum Gasteiger partial charge on any atom is -0.497 e. The van der Waals surface area contributed by atoms with E-state index in [0.29, 0.717) is 34.9 Å². The fourth-order valence-electron chi connectivity index (χ4n) is 2.70. The molecule has 0 saturated carbocycles. The predicted octanol–water partition coefficient (Wildman–Crippen LogP) is 4.48. The number of esters is 1. The zero-order valence-electron chi connectivity index (χ0n) is 17.6. The number of amides is 1. The van der Waals surface area contributed by atoms with E-state index in [1.165, 1.54) is 23.1 Å². The van der Waals surface area contributed by atoms with Gasteiger partial charge in [0.05, 0.1) is 37.1 Å². The minimum absolute atomic E-state index is 0.00147. The van der Waals surface area contributed by atoms with Crippen LogP contribution in [0.3, 0.4) is 0 Å². The van der Waals surface area contributed by atoms with Crippen LogP contribution in [0.2, 0.25) is 0 Å². The number of Topliss-reactive ketones (excluding diaryl/α,β-unsaturated/α-hetero) is 1. The summed E-state index contributed by atoms with van der Waals surface area (Å²) < 4.78 is 10.8. The first-order valence-electron chi connectivity index (χ1n) is 9.80. The summed E-state index contributed by atoms with van der Waals surface area (Å²) in [5.41, 5.74) is 2.26. The van der Waals surface area contributed by atoms with E-state index in [4.69, 9.17) is 9.47 Å². The summed E-state index contributed by atoms with van der Waals surface area (Å²) >= 11 is 2.74. The summed E-state index contributed by atoms with van der Waals surface area (Å²) in [6.45, 7) is 2.05. The second-order valence-electron chi connectivity index (χ2n) is 6.57. The molecule has 0 atom stereocenters. The van der Waals surface area contributed by atoms with Crippen LogP contribution in [-0.4, -0.2) is 42.1 Å². The highest BCUT2D eigenvalue weighted by atomic mass is 32.2. The highest BCUT2D eigenvalue weighted by molar-refractivity contribution is 8.01. The van der Waals surface area contributed by atoms with Gasteiger partial charge in [-0.2, -0.15) is 0 Å². The van der Waals surface area contributed by atoms with Crippen molar-refractivity contribution in [1.29, 1.82) is 0 Å². The third kappa shape index (κ3) is 6.66. The zero-order chi connectivity index (χ0) is 22.9. The summed E-state index contributed by atoms with van der Waals surface area (Å²) in [6.07, 6.45) is 0.114. The molecule has 1 amide bonds. The van der Waals surface area contributed by atoms with Gasteiger partial charge in [0.25, 0.3) is 0 Å². The number of methoxy groups -OCH3 is 1. The lowest BCUT2D eigenvalue weighted by molar-refractivity contribution is -0.115. The molecule has 0 radical (unpaired) electrons. The van der Waals surface area contributed by atoms with Gasteiger partial charge < -0.3 is 14.8 Å². The molecule has 0 spiro atoms. The number of nitrogens with one attached hydrogen (secondary N) is 1. The highest BCUT2D eigenvalue weighted by Crippen LogP contribution is 2.24. The van der Waals surface area contributed by atoms with Crippen LogP contribution in [0.5, 0.6) is 5.75 Å². The number of nitrogens with zero attached hydrogens (tertiary/aromatic N) is 1. The maximum Gasteiger partial charge on any atom is 0.338 e. The fourth-order valence-corrected chi connectivity index (χ4v) is 4.44. The molecule has 1 aromatic heterocycles. The summed E-state index contributed by atoms with van der Waals surface area (Å²) in [4.78, 5) is 40.7. The smallest absolute Gasteiger partial charge is 0.338 e. The maximum atomic E-state index is 12.3. The Bertz CT molecular complexity index is 1080. The molecule has 1 N–H and O–H groups in total. The van der Waals surface area contributed by atoms with Gasteiger partial charge in [-0.15, -0.1) is 11.3 Å². The topological polar surface area (TPSA) is 94.6 Å². The van der Waals surface area contributed by atoms with Crippen molar-refractivity contribution in [3.63, 3.8) is 0 Å². The van der Waals surface area contributed by atoms with E-state index in [-0.39, 0.29) is 23.9 Å². The van der Waals surface area contributed by atoms with Gasteiger partial charge in [-0.1, -0.05) is 11.8 Å². The van der Waals surface area contributed by atoms with Crippen LogP contribution in [0.1, 0.15) is 33.3 Å². The van der Waals surface area contributed by atoms with Crippen molar-refractivity contribution in [1.82, 2.24) is 4.98 Å². The number of rotatable bonds is 10. The Balaban J connectivity index is 1.48. The van der Waals surface area contributed by atoms with Crippen molar-refractivity contribution in [2.45, 2.75) is 17.7 Å². The first-order valence-corrected chi connectivity index (χ1v) is 11.7. The van der Waals surface area contributed by atoms with Gasteiger partial charge in [0.1, 0.15) is 5.75 Å². The van der Waals surface area contributed by atoms with Crippen LogP contribution in [0.4, 0.5) is 5.69 Å². The Kier molecular flexibility index (Phi) is 8.41. The number of carbonyl (C=O) groups excluding carboxylic acids is 3. The molecule has 2 aromatic carbocycles. The molecule has 9 heteroatoms. The third-order valence-corrected chi connectivity index (χ3v) is 6.36. The third-order valence-electron chi connectivity index (χ3n) is 4.29. The average molecular weight is 471 g/mol. The Hall–Kier alpha value is -3.17. The van der Waals surface area contributed by atoms with Crippen molar-refractivity contribution in [3.8, 4) is 5.75 Å². The molecule has 166 valence electrons. The first kappa shape index (κ1) is 23.5. The van der Waals surface area contributed by atoms with Crippen molar-refractivity contribution in [3.05, 3.63) is 70.7 Å². The second kappa shape index (κ2) is 11.4. The molecule has 3 aromatic rings. The largest absolute Gasteiger partial charge is 0.497 e. The molecule has 7 nitrogen and oxygen atoms in total. The van der Waals surface area contributed by atoms with Crippen molar-refractivity contribution in [2.24, 2.45) is 0 Å². The van der Waals surface area contributed by atoms with Gasteiger partial charge in [0, 0.05) is 16.6 Å². The first-order chi connectivity index (χ1) is 15.5. The Morgan fingerprint density at radius 3 is 2.38 bits per heavy atom. The number of hydrogen-bond acceptors (Lipinski definition) is 8. The number of hydrogen-bond donors (Lipinski definition) is 1. The van der Waals surface area contributed by atoms with Gasteiger partial charge in [0.2, 0.25) is 5.91 Å². The van der Waals surface area contributed by atoms with Crippen LogP contribution < -0.4 is 10.1 Å². The lowest BCUT2D eigenvalue weighted by Crippen LogP contribution is -2.14. The molecule has 3 rings (SSSR count). The molecule has 0 saturated heterocycles. The van der Waals surface area contributed by atoms with E-state index in [0.717, 1.165) is 4.34 Å². The predicted molar refractivity (Wildman–Crippen MR) is 125 cm³/mol. The number of ether oxygens (including phenoxy) is 2. The lowest BCUT2D eigenvalue weighted by atomic mass is 10.1. The van der Waals surface area contributed by atoms with Crippen LogP contribution in [0.25, 0.3) is 0 Å². The molecule has 0 aliphatic heterocycles. The van der Waals surface area contributed by atoms with E-state index in [2.05, 4.69) is 10.3 Å². The van der Waals surface area contributed by atoms with Crippen LogP contribution >= 0.6 is 23.1 Å². The van der Waals surface area contributed by atoms with Gasteiger partial charge in [-0.25, -0.2) is 9.78 Å². The SMILES string of the molecule is CCOC(=O)c1ccc(NC(=O)Cc2csc(SCC(=O)c3ccc(OC)cc3)n2)cc1. The Labute approximate surface area is 194 Å². The van der Waals surface area contributed by atoms with Gasteiger partial charge >= 0.3 is 5.97 Å². The van der Waals surface area contributed by atoms with Crippen molar-refractivity contribution >= 4 is 46.4 Å². The average Bonchev–Trinajstić information content (AvgIpc) is 3.25. The second-order valence-corrected chi connectivity index (χ2v) is 8.65. The molecule has 32 heavy (non-hydrogen) atoms. The standard InChI is InChI=1S/C23H22N2O5S2/c1-3-30-22(28)16-4-8-17(9-5-16)24-21(27)12-18-13-31-23(25-18)32-14-20(26)15-6-10-19(29-2)11-7-15/h4-11,13H,3,12,14H2,1-2H3,(H,24,27). The van der Waals surface area contributed by atoms with Crippen LogP contribution in [0.15, 0.2) is 58.3 Å². The maximum absolute atomic E-state index is 12.3.